The highest BCUT2D eigenvalue weighted by atomic mass is 35.5. The maximum absolute atomic E-state index is 13.7. The van der Waals surface area contributed by atoms with Crippen molar-refractivity contribution >= 4 is 23.2 Å². The molecule has 0 radical (unpaired) electrons. The number of imidazole rings is 1. The number of ether oxygens (including phenoxy) is 1. The van der Waals surface area contributed by atoms with E-state index in [2.05, 4.69) is 35.8 Å². The molecule has 3 aliphatic heterocycles. The highest BCUT2D eigenvalue weighted by Gasteiger charge is 2.29. The molecular formula is C25H29ClFN7O. The van der Waals surface area contributed by atoms with E-state index < -0.39 is 5.82 Å². The largest absolute Gasteiger partial charge is 0.485 e. The van der Waals surface area contributed by atoms with E-state index in [0.717, 1.165) is 80.0 Å². The van der Waals surface area contributed by atoms with Crippen LogP contribution in [0.15, 0.2) is 30.7 Å². The maximum atomic E-state index is 13.7. The van der Waals surface area contributed by atoms with Gasteiger partial charge < -0.3 is 24.4 Å². The summed E-state index contributed by atoms with van der Waals surface area (Å²) in [5.74, 6) is 3.42. The van der Waals surface area contributed by atoms with Crippen LogP contribution in [0.2, 0.25) is 5.02 Å². The van der Waals surface area contributed by atoms with Crippen molar-refractivity contribution in [2.24, 2.45) is 0 Å². The highest BCUT2D eigenvalue weighted by Crippen LogP contribution is 2.38. The van der Waals surface area contributed by atoms with E-state index in [-0.39, 0.29) is 5.02 Å². The third kappa shape index (κ3) is 4.54. The normalized spacial score (nSPS) is 18.5. The molecule has 8 nitrogen and oxygen atoms in total. The van der Waals surface area contributed by atoms with Crippen LogP contribution in [0.25, 0.3) is 11.3 Å². The highest BCUT2D eigenvalue weighted by molar-refractivity contribution is 6.31. The zero-order valence-corrected chi connectivity index (χ0v) is 20.3. The summed E-state index contributed by atoms with van der Waals surface area (Å²) in [5.41, 5.74) is 1.69. The first-order chi connectivity index (χ1) is 17.2. The first-order valence-corrected chi connectivity index (χ1v) is 12.7. The number of aromatic nitrogens is 4. The van der Waals surface area contributed by atoms with Crippen molar-refractivity contribution < 1.29 is 9.13 Å². The van der Waals surface area contributed by atoms with Gasteiger partial charge in [0.1, 0.15) is 24.6 Å². The molecule has 2 fully saturated rings. The minimum atomic E-state index is -0.411. The van der Waals surface area contributed by atoms with Gasteiger partial charge in [0, 0.05) is 43.9 Å². The molecule has 0 spiro atoms. The van der Waals surface area contributed by atoms with Gasteiger partial charge in [0.2, 0.25) is 5.75 Å². The Labute approximate surface area is 209 Å². The fourth-order valence-corrected chi connectivity index (χ4v) is 5.29. The number of hydrogen-bond donors (Lipinski definition) is 1. The molecular weight excluding hydrogens is 469 g/mol. The summed E-state index contributed by atoms with van der Waals surface area (Å²) >= 11 is 6.07. The molecule has 0 bridgehead atoms. The molecule has 2 aromatic heterocycles. The van der Waals surface area contributed by atoms with Gasteiger partial charge in [-0.15, -0.1) is 0 Å². The average Bonchev–Trinajstić information content (AvgIpc) is 3.29. The number of fused-ring (bicyclic) bond motifs is 1. The van der Waals surface area contributed by atoms with Crippen molar-refractivity contribution in [2.45, 2.75) is 31.7 Å². The summed E-state index contributed by atoms with van der Waals surface area (Å²) in [5, 5.41) is 3.41. The van der Waals surface area contributed by atoms with Crippen LogP contribution in [0, 0.1) is 5.82 Å². The van der Waals surface area contributed by atoms with Crippen molar-refractivity contribution in [3.8, 4) is 17.0 Å². The number of likely N-dealkylation sites (tertiary alicyclic amines) is 1. The topological polar surface area (TPSA) is 71.3 Å². The zero-order valence-electron chi connectivity index (χ0n) is 19.6. The fraction of sp³-hybridized carbons (Fsp3) is 0.480. The van der Waals surface area contributed by atoms with Gasteiger partial charge in [0.25, 0.3) is 0 Å². The summed E-state index contributed by atoms with van der Waals surface area (Å²) in [7, 11) is 0. The quantitative estimate of drug-likeness (QED) is 0.551. The Kier molecular flexibility index (Phi) is 6.20. The first-order valence-electron chi connectivity index (χ1n) is 12.4. The van der Waals surface area contributed by atoms with E-state index in [9.17, 15) is 4.39 Å². The molecule has 2 saturated heterocycles. The van der Waals surface area contributed by atoms with Gasteiger partial charge in [0.05, 0.1) is 17.3 Å². The van der Waals surface area contributed by atoms with Crippen LogP contribution < -0.4 is 15.0 Å². The number of piperidine rings is 1. The second kappa shape index (κ2) is 9.62. The predicted octanol–water partition coefficient (Wildman–Crippen LogP) is 4.03. The number of nitrogens with zero attached hydrogens (tertiary/aromatic N) is 6. The smallest absolute Gasteiger partial charge is 0.204 e. The molecule has 1 aromatic carbocycles. The first kappa shape index (κ1) is 22.5. The molecule has 35 heavy (non-hydrogen) atoms. The second-order valence-electron chi connectivity index (χ2n) is 9.41. The van der Waals surface area contributed by atoms with Crippen molar-refractivity contribution in [1.82, 2.24) is 24.4 Å². The monoisotopic (exact) mass is 497 g/mol. The SMILES string of the molecule is Fc1ccc(-c2cn(CCN3CCC3)c(C3CCN(c4ncnc5c4OCCN5)CC3)n2)cc1Cl. The summed E-state index contributed by atoms with van der Waals surface area (Å²) in [4.78, 5) is 18.7. The molecule has 0 saturated carbocycles. The van der Waals surface area contributed by atoms with Gasteiger partial charge >= 0.3 is 0 Å². The molecule has 5 heterocycles. The third-order valence-electron chi connectivity index (χ3n) is 7.21. The maximum Gasteiger partial charge on any atom is 0.204 e. The van der Waals surface area contributed by atoms with Gasteiger partial charge in [-0.25, -0.2) is 19.3 Å². The minimum absolute atomic E-state index is 0.123. The van der Waals surface area contributed by atoms with E-state index in [4.69, 9.17) is 21.3 Å². The van der Waals surface area contributed by atoms with Crippen molar-refractivity contribution in [3.63, 3.8) is 0 Å². The van der Waals surface area contributed by atoms with Gasteiger partial charge in [-0.3, -0.25) is 0 Å². The second-order valence-corrected chi connectivity index (χ2v) is 9.82. The molecule has 184 valence electrons. The van der Waals surface area contributed by atoms with Crippen LogP contribution in [0.4, 0.5) is 16.0 Å². The molecule has 3 aromatic rings. The Morgan fingerprint density at radius 1 is 1.11 bits per heavy atom. The molecule has 10 heteroatoms. The van der Waals surface area contributed by atoms with Gasteiger partial charge in [-0.05, 0) is 50.6 Å². The van der Waals surface area contributed by atoms with Crippen LogP contribution in [-0.4, -0.2) is 70.3 Å². The lowest BCUT2D eigenvalue weighted by molar-refractivity contribution is 0.173. The molecule has 0 aliphatic carbocycles. The molecule has 0 amide bonds. The minimum Gasteiger partial charge on any atom is -0.485 e. The van der Waals surface area contributed by atoms with Crippen LogP contribution in [0.3, 0.4) is 0 Å². The number of hydrogen-bond acceptors (Lipinski definition) is 7. The Balaban J connectivity index is 1.22. The van der Waals surface area contributed by atoms with Crippen LogP contribution in [0.1, 0.15) is 31.0 Å². The lowest BCUT2D eigenvalue weighted by Crippen LogP contribution is -2.39. The Morgan fingerprint density at radius 3 is 2.74 bits per heavy atom. The van der Waals surface area contributed by atoms with E-state index in [1.54, 1.807) is 18.5 Å². The summed E-state index contributed by atoms with van der Waals surface area (Å²) in [6.07, 6.45) is 6.92. The molecule has 0 atom stereocenters. The third-order valence-corrected chi connectivity index (χ3v) is 7.50. The number of halogens is 2. The lowest BCUT2D eigenvalue weighted by atomic mass is 9.95. The summed E-state index contributed by atoms with van der Waals surface area (Å²) < 4.78 is 21.9. The van der Waals surface area contributed by atoms with E-state index >= 15 is 0 Å². The molecule has 0 unspecified atom stereocenters. The number of benzene rings is 1. The lowest BCUT2D eigenvalue weighted by Gasteiger charge is -2.34. The van der Waals surface area contributed by atoms with E-state index in [1.807, 2.05) is 0 Å². The van der Waals surface area contributed by atoms with E-state index in [0.29, 0.717) is 12.5 Å². The number of nitrogens with one attached hydrogen (secondary N) is 1. The fourth-order valence-electron chi connectivity index (χ4n) is 5.10. The number of anilines is 2. The summed E-state index contributed by atoms with van der Waals surface area (Å²) in [6, 6.07) is 4.83. The number of rotatable bonds is 6. The Bertz CT molecular complexity index is 1210. The van der Waals surface area contributed by atoms with Gasteiger partial charge in [-0.1, -0.05) is 11.6 Å². The Morgan fingerprint density at radius 2 is 1.97 bits per heavy atom. The molecule has 6 rings (SSSR count). The van der Waals surface area contributed by atoms with Gasteiger partial charge in [-0.2, -0.15) is 0 Å². The van der Waals surface area contributed by atoms with E-state index in [1.165, 1.54) is 25.6 Å². The summed E-state index contributed by atoms with van der Waals surface area (Å²) in [6.45, 7) is 7.37. The van der Waals surface area contributed by atoms with Crippen molar-refractivity contribution in [1.29, 1.82) is 0 Å². The standard InChI is InChI=1S/C25H29ClFN7O/c26-19-14-18(2-3-20(19)27)21-15-34(12-11-32-7-1-8-32)24(31-21)17-4-9-33(10-5-17)25-22-23(29-16-30-25)28-6-13-35-22/h2-3,14-17H,1,4-13H2,(H,28,29,30). The van der Waals surface area contributed by atoms with Crippen molar-refractivity contribution in [2.75, 3.05) is 56.1 Å². The van der Waals surface area contributed by atoms with Crippen LogP contribution in [-0.2, 0) is 6.54 Å². The van der Waals surface area contributed by atoms with Gasteiger partial charge in [0.15, 0.2) is 11.6 Å². The molecule has 3 aliphatic rings. The van der Waals surface area contributed by atoms with Crippen molar-refractivity contribution in [3.05, 3.63) is 47.4 Å². The average molecular weight is 498 g/mol. The Hall–Kier alpha value is -2.91. The molecule has 1 N–H and O–H groups in total. The van der Waals surface area contributed by atoms with Crippen LogP contribution >= 0.6 is 11.6 Å². The van der Waals surface area contributed by atoms with Crippen LogP contribution in [0.5, 0.6) is 5.75 Å². The predicted molar refractivity (Wildman–Crippen MR) is 134 cm³/mol. The zero-order chi connectivity index (χ0) is 23.8.